The molecule has 1 saturated heterocycles. The van der Waals surface area contributed by atoms with Crippen LogP contribution in [0, 0.1) is 0 Å². The summed E-state index contributed by atoms with van der Waals surface area (Å²) < 4.78 is 11.4. The van der Waals surface area contributed by atoms with Crippen molar-refractivity contribution in [3.8, 4) is 5.75 Å². The van der Waals surface area contributed by atoms with Gasteiger partial charge in [-0.1, -0.05) is 24.3 Å². The molecule has 3 rings (SSSR count). The summed E-state index contributed by atoms with van der Waals surface area (Å²) in [5.41, 5.74) is 2.94. The first-order chi connectivity index (χ1) is 14.7. The van der Waals surface area contributed by atoms with Crippen LogP contribution in [0.1, 0.15) is 34.3 Å². The van der Waals surface area contributed by atoms with E-state index in [2.05, 4.69) is 23.5 Å². The van der Waals surface area contributed by atoms with Gasteiger partial charge in [0.15, 0.2) is 0 Å². The lowest BCUT2D eigenvalue weighted by Crippen LogP contribution is -2.38. The Labute approximate surface area is 184 Å². The summed E-state index contributed by atoms with van der Waals surface area (Å²) in [6.07, 6.45) is 4.25. The van der Waals surface area contributed by atoms with Crippen molar-refractivity contribution in [2.45, 2.75) is 31.2 Å². The first-order valence-corrected chi connectivity index (χ1v) is 11.9. The highest BCUT2D eigenvalue weighted by Crippen LogP contribution is 2.16. The van der Waals surface area contributed by atoms with Crippen LogP contribution in [0.5, 0.6) is 5.75 Å². The Morgan fingerprint density at radius 2 is 1.93 bits per heavy atom. The van der Waals surface area contributed by atoms with Crippen LogP contribution in [0.25, 0.3) is 0 Å². The van der Waals surface area contributed by atoms with E-state index in [4.69, 9.17) is 9.47 Å². The van der Waals surface area contributed by atoms with Gasteiger partial charge in [0.2, 0.25) is 0 Å². The van der Waals surface area contributed by atoms with Crippen LogP contribution in [-0.4, -0.2) is 56.5 Å². The van der Waals surface area contributed by atoms with Gasteiger partial charge in [0, 0.05) is 43.7 Å². The molecule has 162 valence electrons. The second-order valence-corrected chi connectivity index (χ2v) is 8.50. The summed E-state index contributed by atoms with van der Waals surface area (Å²) in [6.45, 7) is 3.71. The third-order valence-electron chi connectivity index (χ3n) is 5.41. The lowest BCUT2D eigenvalue weighted by atomic mass is 10.1. The van der Waals surface area contributed by atoms with Crippen molar-refractivity contribution >= 4 is 17.7 Å². The molecule has 5 nitrogen and oxygen atoms in total. The molecule has 0 atom stereocenters. The number of hydrogen-bond acceptors (Lipinski definition) is 5. The topological polar surface area (TPSA) is 50.8 Å². The van der Waals surface area contributed by atoms with Crippen molar-refractivity contribution < 1.29 is 14.3 Å². The minimum Gasteiger partial charge on any atom is -0.492 e. The van der Waals surface area contributed by atoms with E-state index in [9.17, 15) is 4.79 Å². The SMILES string of the molecule is CSCc1ccc(C(=O)NCc2cccc(OCCN(C)C3CCOCC3)c2)cc1. The molecule has 2 aromatic carbocycles. The molecule has 0 aliphatic carbocycles. The van der Waals surface area contributed by atoms with E-state index in [0.29, 0.717) is 24.8 Å². The van der Waals surface area contributed by atoms with E-state index in [0.717, 1.165) is 49.7 Å². The Bertz CT molecular complexity index is 791. The number of thioether (sulfide) groups is 1. The van der Waals surface area contributed by atoms with E-state index in [1.807, 2.05) is 48.5 Å². The van der Waals surface area contributed by atoms with E-state index in [1.54, 1.807) is 11.8 Å². The highest BCUT2D eigenvalue weighted by atomic mass is 32.2. The quantitative estimate of drug-likeness (QED) is 0.621. The van der Waals surface area contributed by atoms with Gasteiger partial charge in [0.05, 0.1) is 0 Å². The molecule has 0 spiro atoms. The number of amides is 1. The number of hydrogen-bond donors (Lipinski definition) is 1. The van der Waals surface area contributed by atoms with Crippen LogP contribution >= 0.6 is 11.8 Å². The Morgan fingerprint density at radius 3 is 2.67 bits per heavy atom. The molecule has 0 bridgehead atoms. The van der Waals surface area contributed by atoms with Gasteiger partial charge >= 0.3 is 0 Å². The van der Waals surface area contributed by atoms with E-state index >= 15 is 0 Å². The van der Waals surface area contributed by atoms with Gasteiger partial charge in [-0.2, -0.15) is 11.8 Å². The van der Waals surface area contributed by atoms with E-state index in [-0.39, 0.29) is 5.91 Å². The van der Waals surface area contributed by atoms with Crippen molar-refractivity contribution in [1.29, 1.82) is 0 Å². The fourth-order valence-electron chi connectivity index (χ4n) is 3.56. The smallest absolute Gasteiger partial charge is 0.251 e. The number of nitrogens with one attached hydrogen (secondary N) is 1. The fourth-order valence-corrected chi connectivity index (χ4v) is 4.09. The highest BCUT2D eigenvalue weighted by molar-refractivity contribution is 7.97. The first kappa shape index (κ1) is 22.7. The second kappa shape index (κ2) is 12.0. The summed E-state index contributed by atoms with van der Waals surface area (Å²) in [5, 5.41) is 2.99. The fraction of sp³-hybridized carbons (Fsp3) is 0.458. The number of benzene rings is 2. The normalized spacial score (nSPS) is 14.6. The van der Waals surface area contributed by atoms with Crippen molar-refractivity contribution in [1.82, 2.24) is 10.2 Å². The monoisotopic (exact) mass is 428 g/mol. The molecule has 0 radical (unpaired) electrons. The lowest BCUT2D eigenvalue weighted by Gasteiger charge is -2.31. The Balaban J connectivity index is 1.43. The second-order valence-electron chi connectivity index (χ2n) is 7.63. The molecule has 30 heavy (non-hydrogen) atoms. The van der Waals surface area contributed by atoms with Crippen LogP contribution in [0.4, 0.5) is 0 Å². The number of likely N-dealkylation sites (N-methyl/N-ethyl adjacent to an activating group) is 1. The minimum absolute atomic E-state index is 0.0601. The van der Waals surface area contributed by atoms with Crippen molar-refractivity contribution in [2.24, 2.45) is 0 Å². The Kier molecular flexibility index (Phi) is 9.05. The Morgan fingerprint density at radius 1 is 1.17 bits per heavy atom. The van der Waals surface area contributed by atoms with Gasteiger partial charge < -0.3 is 14.8 Å². The molecule has 2 aromatic rings. The largest absolute Gasteiger partial charge is 0.492 e. The van der Waals surface area contributed by atoms with Gasteiger partial charge in [0.1, 0.15) is 12.4 Å². The molecule has 0 aromatic heterocycles. The first-order valence-electron chi connectivity index (χ1n) is 10.5. The number of carbonyl (C=O) groups excluding carboxylic acids is 1. The maximum absolute atomic E-state index is 12.4. The molecular formula is C24H32N2O3S. The zero-order chi connectivity index (χ0) is 21.2. The summed E-state index contributed by atoms with van der Waals surface area (Å²) in [4.78, 5) is 14.8. The van der Waals surface area contributed by atoms with E-state index in [1.165, 1.54) is 5.56 Å². The average molecular weight is 429 g/mol. The van der Waals surface area contributed by atoms with Gasteiger partial charge in [-0.15, -0.1) is 0 Å². The Hall–Kier alpha value is -2.02. The summed E-state index contributed by atoms with van der Waals surface area (Å²) in [7, 11) is 2.15. The molecular weight excluding hydrogens is 396 g/mol. The third kappa shape index (κ3) is 7.04. The highest BCUT2D eigenvalue weighted by Gasteiger charge is 2.18. The molecule has 6 heteroatoms. The van der Waals surface area contributed by atoms with Crippen LogP contribution < -0.4 is 10.1 Å². The van der Waals surface area contributed by atoms with Gasteiger partial charge in [-0.05, 0) is 61.5 Å². The van der Waals surface area contributed by atoms with Crippen LogP contribution in [0.3, 0.4) is 0 Å². The van der Waals surface area contributed by atoms with Crippen LogP contribution in [0.15, 0.2) is 48.5 Å². The standard InChI is InChI=1S/C24H32N2O3S/c1-26(22-10-13-28-14-11-22)12-15-29-23-5-3-4-20(16-23)17-25-24(27)21-8-6-19(7-9-21)18-30-2/h3-9,16,22H,10-15,17-18H2,1-2H3,(H,25,27). The average Bonchev–Trinajstić information content (AvgIpc) is 2.79. The van der Waals surface area contributed by atoms with Crippen molar-refractivity contribution in [3.63, 3.8) is 0 Å². The van der Waals surface area contributed by atoms with Crippen molar-refractivity contribution in [3.05, 3.63) is 65.2 Å². The number of rotatable bonds is 10. The number of ether oxygens (including phenoxy) is 2. The third-order valence-corrected chi connectivity index (χ3v) is 6.03. The molecule has 1 heterocycles. The van der Waals surface area contributed by atoms with E-state index < -0.39 is 0 Å². The summed E-state index contributed by atoms with van der Waals surface area (Å²) in [6, 6.07) is 16.3. The predicted octanol–water partition coefficient (Wildman–Crippen LogP) is 3.97. The predicted molar refractivity (Wildman–Crippen MR) is 123 cm³/mol. The lowest BCUT2D eigenvalue weighted by molar-refractivity contribution is 0.0392. The molecule has 1 N–H and O–H groups in total. The van der Waals surface area contributed by atoms with Gasteiger partial charge in [-0.25, -0.2) is 0 Å². The zero-order valence-corrected chi connectivity index (χ0v) is 18.7. The molecule has 0 unspecified atom stereocenters. The molecule has 0 saturated carbocycles. The number of carbonyl (C=O) groups is 1. The zero-order valence-electron chi connectivity index (χ0n) is 17.9. The summed E-state index contributed by atoms with van der Waals surface area (Å²) in [5.74, 6) is 1.73. The van der Waals surface area contributed by atoms with Crippen LogP contribution in [0.2, 0.25) is 0 Å². The maximum atomic E-state index is 12.4. The minimum atomic E-state index is -0.0601. The van der Waals surface area contributed by atoms with Crippen LogP contribution in [-0.2, 0) is 17.0 Å². The maximum Gasteiger partial charge on any atom is 0.251 e. The summed E-state index contributed by atoms with van der Waals surface area (Å²) >= 11 is 1.77. The molecule has 1 aliphatic heterocycles. The van der Waals surface area contributed by atoms with Crippen molar-refractivity contribution in [2.75, 3.05) is 39.7 Å². The number of nitrogens with zero attached hydrogens (tertiary/aromatic N) is 1. The van der Waals surface area contributed by atoms with Gasteiger partial charge in [-0.3, -0.25) is 9.69 Å². The molecule has 1 aliphatic rings. The van der Waals surface area contributed by atoms with Gasteiger partial charge in [0.25, 0.3) is 5.91 Å². The molecule has 1 amide bonds. The molecule has 1 fully saturated rings.